The highest BCUT2D eigenvalue weighted by molar-refractivity contribution is 8.04. The maximum atomic E-state index is 12.0. The number of aryl methyl sites for hydroxylation is 1. The molecule has 1 aliphatic rings. The number of hydrogen-bond acceptors (Lipinski definition) is 5. The first-order valence-electron chi connectivity index (χ1n) is 6.06. The van der Waals surface area contributed by atoms with Crippen molar-refractivity contribution in [2.24, 2.45) is 0 Å². The van der Waals surface area contributed by atoms with E-state index in [1.54, 1.807) is 26.1 Å². The monoisotopic (exact) mass is 307 g/mol. The van der Waals surface area contributed by atoms with E-state index in [9.17, 15) is 19.7 Å². The Bertz CT molecular complexity index is 657. The number of rotatable bonds is 3. The van der Waals surface area contributed by atoms with E-state index in [2.05, 4.69) is 5.32 Å². The Morgan fingerprint density at radius 3 is 2.81 bits per heavy atom. The summed E-state index contributed by atoms with van der Waals surface area (Å²) in [5, 5.41) is 14.0. The highest BCUT2D eigenvalue weighted by Crippen LogP contribution is 2.29. The highest BCUT2D eigenvalue weighted by Gasteiger charge is 2.24. The fourth-order valence-corrected chi connectivity index (χ4v) is 2.78. The maximum Gasteiger partial charge on any atom is 0.293 e. The summed E-state index contributed by atoms with van der Waals surface area (Å²) in [5.74, 6) is -0.294. The van der Waals surface area contributed by atoms with Crippen LogP contribution >= 0.6 is 11.8 Å². The number of benzene rings is 1. The van der Waals surface area contributed by atoms with E-state index >= 15 is 0 Å². The second kappa shape index (κ2) is 5.96. The van der Waals surface area contributed by atoms with E-state index in [4.69, 9.17) is 0 Å². The SMILES string of the molecule is Cc1cccc([N+](=O)[O-])c1NC(=O)C=C1SCC(=O)N1C. The van der Waals surface area contributed by atoms with Crippen molar-refractivity contribution in [2.45, 2.75) is 6.92 Å². The van der Waals surface area contributed by atoms with E-state index < -0.39 is 10.8 Å². The van der Waals surface area contributed by atoms with Gasteiger partial charge in [0, 0.05) is 19.2 Å². The molecule has 21 heavy (non-hydrogen) atoms. The van der Waals surface area contributed by atoms with Gasteiger partial charge in [-0.15, -0.1) is 0 Å². The van der Waals surface area contributed by atoms with Crippen molar-refractivity contribution < 1.29 is 14.5 Å². The minimum absolute atomic E-state index is 0.0825. The van der Waals surface area contributed by atoms with E-state index in [1.165, 1.54) is 28.8 Å². The number of nitrogens with one attached hydrogen (secondary N) is 1. The second-order valence-corrected chi connectivity index (χ2v) is 5.44. The van der Waals surface area contributed by atoms with Crippen molar-refractivity contribution in [2.75, 3.05) is 18.1 Å². The van der Waals surface area contributed by atoms with Gasteiger partial charge in [0.15, 0.2) is 0 Å². The largest absolute Gasteiger partial charge is 0.316 e. The third kappa shape index (κ3) is 3.22. The summed E-state index contributed by atoms with van der Waals surface area (Å²) in [6.45, 7) is 1.68. The molecule has 0 atom stereocenters. The second-order valence-electron chi connectivity index (χ2n) is 4.44. The van der Waals surface area contributed by atoms with Gasteiger partial charge in [-0.05, 0) is 12.5 Å². The summed E-state index contributed by atoms with van der Waals surface area (Å²) in [4.78, 5) is 35.2. The van der Waals surface area contributed by atoms with Crippen molar-refractivity contribution in [3.05, 3.63) is 45.0 Å². The van der Waals surface area contributed by atoms with Crippen LogP contribution in [0.1, 0.15) is 5.56 Å². The lowest BCUT2D eigenvalue weighted by Crippen LogP contribution is -2.20. The molecule has 0 spiro atoms. The van der Waals surface area contributed by atoms with Crippen molar-refractivity contribution in [3.8, 4) is 0 Å². The lowest BCUT2D eigenvalue weighted by molar-refractivity contribution is -0.384. The molecule has 0 radical (unpaired) electrons. The summed E-state index contributed by atoms with van der Waals surface area (Å²) in [5.41, 5.74) is 0.603. The molecule has 1 aliphatic heterocycles. The predicted molar refractivity (Wildman–Crippen MR) is 79.8 cm³/mol. The minimum Gasteiger partial charge on any atom is -0.316 e. The van der Waals surface area contributed by atoms with Crippen molar-refractivity contribution in [1.82, 2.24) is 4.90 Å². The van der Waals surface area contributed by atoms with Gasteiger partial charge in [-0.25, -0.2) is 0 Å². The first-order chi connectivity index (χ1) is 9.90. The highest BCUT2D eigenvalue weighted by atomic mass is 32.2. The number of nitro groups is 1. The molecular formula is C13H13N3O4S. The molecule has 1 heterocycles. The normalized spacial score (nSPS) is 16.4. The molecule has 1 fully saturated rings. The van der Waals surface area contributed by atoms with Gasteiger partial charge in [0.2, 0.25) is 5.91 Å². The Morgan fingerprint density at radius 2 is 2.24 bits per heavy atom. The fourth-order valence-electron chi connectivity index (χ4n) is 1.83. The Kier molecular flexibility index (Phi) is 4.27. The smallest absolute Gasteiger partial charge is 0.293 e. The van der Waals surface area contributed by atoms with E-state index in [0.29, 0.717) is 16.3 Å². The topological polar surface area (TPSA) is 92.5 Å². The zero-order valence-electron chi connectivity index (χ0n) is 11.5. The number of amides is 2. The molecule has 7 nitrogen and oxygen atoms in total. The Morgan fingerprint density at radius 1 is 1.52 bits per heavy atom. The van der Waals surface area contributed by atoms with Gasteiger partial charge in [-0.1, -0.05) is 23.9 Å². The average molecular weight is 307 g/mol. The van der Waals surface area contributed by atoms with Gasteiger partial charge in [-0.2, -0.15) is 0 Å². The van der Waals surface area contributed by atoms with Crippen molar-refractivity contribution >= 4 is 35.0 Å². The molecule has 0 saturated carbocycles. The Labute approximate surface area is 125 Å². The van der Waals surface area contributed by atoms with Crippen LogP contribution in [0.5, 0.6) is 0 Å². The number of thioether (sulfide) groups is 1. The van der Waals surface area contributed by atoms with Gasteiger partial charge in [0.1, 0.15) is 5.69 Å². The van der Waals surface area contributed by atoms with Crippen LogP contribution in [0.2, 0.25) is 0 Å². The molecule has 2 rings (SSSR count). The number of nitrogens with zero attached hydrogens (tertiary/aromatic N) is 2. The van der Waals surface area contributed by atoms with Crippen LogP contribution < -0.4 is 5.32 Å². The fraction of sp³-hybridized carbons (Fsp3) is 0.231. The quantitative estimate of drug-likeness (QED) is 0.523. The number of carbonyl (C=O) groups is 2. The van der Waals surface area contributed by atoms with Gasteiger partial charge >= 0.3 is 0 Å². The molecule has 1 saturated heterocycles. The number of hydrogen-bond donors (Lipinski definition) is 1. The summed E-state index contributed by atoms with van der Waals surface area (Å²) in [6, 6.07) is 4.56. The molecule has 1 N–H and O–H groups in total. The van der Waals surface area contributed by atoms with Crippen LogP contribution in [-0.2, 0) is 9.59 Å². The number of para-hydroxylation sites is 1. The number of anilines is 1. The van der Waals surface area contributed by atoms with Crippen molar-refractivity contribution in [1.29, 1.82) is 0 Å². The standard InChI is InChI=1S/C13H13N3O4S/c1-8-4-3-5-9(16(19)20)13(8)14-10(17)6-12-15(2)11(18)7-21-12/h3-6H,7H2,1-2H3,(H,14,17). The molecule has 0 aliphatic carbocycles. The minimum atomic E-state index is -0.546. The Balaban J connectivity index is 2.23. The maximum absolute atomic E-state index is 12.0. The van der Waals surface area contributed by atoms with Crippen molar-refractivity contribution in [3.63, 3.8) is 0 Å². The number of nitro benzene ring substituents is 1. The molecule has 0 unspecified atom stereocenters. The van der Waals surface area contributed by atoms with Crippen LogP contribution in [0.4, 0.5) is 11.4 Å². The Hall–Kier alpha value is -2.35. The molecule has 110 valence electrons. The number of carbonyl (C=O) groups excluding carboxylic acids is 2. The molecule has 0 aromatic heterocycles. The molecule has 8 heteroatoms. The average Bonchev–Trinajstić information content (AvgIpc) is 2.73. The predicted octanol–water partition coefficient (Wildman–Crippen LogP) is 1.89. The van der Waals surface area contributed by atoms with Gasteiger partial charge in [0.05, 0.1) is 15.7 Å². The lowest BCUT2D eigenvalue weighted by Gasteiger charge is -2.10. The van der Waals surface area contributed by atoms with Gasteiger partial charge in [-0.3, -0.25) is 19.7 Å². The van der Waals surface area contributed by atoms with Crippen LogP contribution in [0.15, 0.2) is 29.3 Å². The summed E-state index contributed by atoms with van der Waals surface area (Å²) < 4.78 is 0. The lowest BCUT2D eigenvalue weighted by atomic mass is 10.1. The van der Waals surface area contributed by atoms with E-state index in [1.807, 2.05) is 0 Å². The molecular weight excluding hydrogens is 294 g/mol. The zero-order chi connectivity index (χ0) is 15.6. The van der Waals surface area contributed by atoms with Gasteiger partial charge in [0.25, 0.3) is 11.6 Å². The van der Waals surface area contributed by atoms with Crippen LogP contribution in [0, 0.1) is 17.0 Å². The molecule has 2 amide bonds. The molecule has 0 bridgehead atoms. The van der Waals surface area contributed by atoms with E-state index in [-0.39, 0.29) is 17.3 Å². The summed E-state index contributed by atoms with van der Waals surface area (Å²) >= 11 is 1.25. The summed E-state index contributed by atoms with van der Waals surface area (Å²) in [6.07, 6.45) is 1.27. The zero-order valence-corrected chi connectivity index (χ0v) is 12.3. The first-order valence-corrected chi connectivity index (χ1v) is 7.04. The molecule has 1 aromatic carbocycles. The van der Waals surface area contributed by atoms with Crippen LogP contribution in [-0.4, -0.2) is 34.4 Å². The first kappa shape index (κ1) is 15.0. The van der Waals surface area contributed by atoms with E-state index in [0.717, 1.165) is 0 Å². The molecule has 1 aromatic rings. The van der Waals surface area contributed by atoms with Gasteiger partial charge < -0.3 is 10.2 Å². The third-order valence-electron chi connectivity index (χ3n) is 3.00. The third-order valence-corrected chi connectivity index (χ3v) is 4.08. The van der Waals surface area contributed by atoms with Crippen LogP contribution in [0.25, 0.3) is 0 Å². The summed E-state index contributed by atoms with van der Waals surface area (Å²) in [7, 11) is 1.58. The van der Waals surface area contributed by atoms with Crippen LogP contribution in [0.3, 0.4) is 0 Å².